The van der Waals surface area contributed by atoms with Crippen molar-refractivity contribution in [2.24, 2.45) is 0 Å². The van der Waals surface area contributed by atoms with Gasteiger partial charge in [-0.3, -0.25) is 0 Å². The zero-order valence-corrected chi connectivity index (χ0v) is 35.6. The van der Waals surface area contributed by atoms with E-state index in [2.05, 4.69) is 264 Å². The van der Waals surface area contributed by atoms with Crippen LogP contribution in [0.15, 0.2) is 255 Å². The minimum atomic E-state index is -0.589. The van der Waals surface area contributed by atoms with E-state index in [9.17, 15) is 0 Å². The van der Waals surface area contributed by atoms with Crippen LogP contribution in [-0.4, -0.2) is 4.57 Å². The number of hydrogen-bond acceptors (Lipinski definition) is 1. The van der Waals surface area contributed by atoms with E-state index in [0.29, 0.717) is 0 Å². The van der Waals surface area contributed by atoms with Crippen LogP contribution in [0.25, 0.3) is 71.3 Å². The Morgan fingerprint density at radius 3 is 1.58 bits per heavy atom. The summed E-state index contributed by atoms with van der Waals surface area (Å²) in [5.41, 5.74) is 16.2. The number of benzene rings is 11. The molecule has 0 amide bonds. The first-order chi connectivity index (χ1) is 32.2. The molecule has 304 valence electrons. The number of fused-ring (bicyclic) bond motifs is 9. The van der Waals surface area contributed by atoms with Gasteiger partial charge in [-0.25, -0.2) is 0 Å². The van der Waals surface area contributed by atoms with Gasteiger partial charge in [0.25, 0.3) is 0 Å². The molecule has 0 saturated carbocycles. The second-order valence-electron chi connectivity index (χ2n) is 17.3. The molecule has 11 aromatic carbocycles. The molecule has 1 aliphatic rings. The van der Waals surface area contributed by atoms with Gasteiger partial charge in [0.2, 0.25) is 0 Å². The van der Waals surface area contributed by atoms with Crippen LogP contribution in [0.2, 0.25) is 0 Å². The summed E-state index contributed by atoms with van der Waals surface area (Å²) in [4.78, 5) is 2.47. The Labute approximate surface area is 378 Å². The minimum absolute atomic E-state index is 0.589. The van der Waals surface area contributed by atoms with E-state index in [1.54, 1.807) is 0 Å². The van der Waals surface area contributed by atoms with Gasteiger partial charge in [-0.15, -0.1) is 0 Å². The molecule has 0 bridgehead atoms. The number of para-hydroxylation sites is 1. The summed E-state index contributed by atoms with van der Waals surface area (Å²) < 4.78 is 2.47. The maximum absolute atomic E-state index is 2.48. The second kappa shape index (κ2) is 14.8. The zero-order chi connectivity index (χ0) is 42.9. The third-order valence-electron chi connectivity index (χ3n) is 13.8. The molecule has 0 aliphatic heterocycles. The summed E-state index contributed by atoms with van der Waals surface area (Å²) in [6, 6.07) is 94.1. The normalized spacial score (nSPS) is 12.7. The van der Waals surface area contributed by atoms with Gasteiger partial charge in [0.1, 0.15) is 0 Å². The predicted molar refractivity (Wildman–Crippen MR) is 273 cm³/mol. The molecule has 0 unspecified atom stereocenters. The topological polar surface area (TPSA) is 8.17 Å². The highest BCUT2D eigenvalue weighted by atomic mass is 15.1. The summed E-state index contributed by atoms with van der Waals surface area (Å²) in [6.07, 6.45) is 0. The van der Waals surface area contributed by atoms with Crippen molar-refractivity contribution in [3.8, 4) is 27.9 Å². The quantitative estimate of drug-likeness (QED) is 0.155. The Bertz CT molecular complexity index is 3720. The summed E-state index contributed by atoms with van der Waals surface area (Å²) in [5, 5.41) is 7.35. The van der Waals surface area contributed by atoms with Crippen LogP contribution in [0.1, 0.15) is 22.3 Å². The van der Waals surface area contributed by atoms with Crippen molar-refractivity contribution in [3.05, 3.63) is 277 Å². The lowest BCUT2D eigenvalue weighted by molar-refractivity contribution is 0.768. The van der Waals surface area contributed by atoms with Gasteiger partial charge in [0.15, 0.2) is 0 Å². The number of rotatable bonds is 7. The SMILES string of the molecule is c1ccc(-c2ccc3c(c2)C(c2ccccc2)(c2ccccc2)c2cc(N(c4ccc5ccccc5c4)c4ccc5c6ccc7ccccc7c6n(-c6ccccc6)c5c4)ccc2-3)cc1. The molecular weight excluding hydrogens is 785 g/mol. The molecule has 65 heavy (non-hydrogen) atoms. The Morgan fingerprint density at radius 2 is 0.846 bits per heavy atom. The average molecular weight is 827 g/mol. The lowest BCUT2D eigenvalue weighted by Gasteiger charge is -2.35. The number of hydrogen-bond donors (Lipinski definition) is 0. The van der Waals surface area contributed by atoms with Gasteiger partial charge in [0, 0.05) is 38.9 Å². The molecule has 0 saturated heterocycles. The van der Waals surface area contributed by atoms with Crippen LogP contribution in [-0.2, 0) is 5.41 Å². The molecule has 0 fully saturated rings. The molecule has 1 aromatic heterocycles. The van der Waals surface area contributed by atoms with Gasteiger partial charge in [-0.05, 0) is 115 Å². The van der Waals surface area contributed by atoms with Crippen molar-refractivity contribution in [1.82, 2.24) is 4.57 Å². The highest BCUT2D eigenvalue weighted by molar-refractivity contribution is 6.19. The Morgan fingerprint density at radius 1 is 0.323 bits per heavy atom. The molecule has 0 N–H and O–H groups in total. The van der Waals surface area contributed by atoms with E-state index in [-0.39, 0.29) is 0 Å². The van der Waals surface area contributed by atoms with Crippen molar-refractivity contribution < 1.29 is 0 Å². The van der Waals surface area contributed by atoms with Crippen molar-refractivity contribution in [1.29, 1.82) is 0 Å². The lowest BCUT2D eigenvalue weighted by Crippen LogP contribution is -2.28. The van der Waals surface area contributed by atoms with Crippen molar-refractivity contribution in [2.75, 3.05) is 4.90 Å². The molecule has 0 atom stereocenters. The summed E-state index contributed by atoms with van der Waals surface area (Å²) in [6.45, 7) is 0. The Hall–Kier alpha value is -8.46. The van der Waals surface area contributed by atoms with E-state index in [0.717, 1.165) is 28.3 Å². The van der Waals surface area contributed by atoms with Crippen LogP contribution in [0.3, 0.4) is 0 Å². The first kappa shape index (κ1) is 37.1. The third kappa shape index (κ3) is 5.74. The Balaban J connectivity index is 1.10. The van der Waals surface area contributed by atoms with Gasteiger partial charge >= 0.3 is 0 Å². The molecule has 0 spiro atoms. The van der Waals surface area contributed by atoms with Gasteiger partial charge in [0.05, 0.1) is 16.4 Å². The van der Waals surface area contributed by atoms with Crippen molar-refractivity contribution in [2.45, 2.75) is 5.41 Å². The lowest BCUT2D eigenvalue weighted by atomic mass is 9.67. The van der Waals surface area contributed by atoms with Crippen molar-refractivity contribution in [3.63, 3.8) is 0 Å². The van der Waals surface area contributed by atoms with E-state index in [4.69, 9.17) is 0 Å². The highest BCUT2D eigenvalue weighted by Gasteiger charge is 2.46. The second-order valence-corrected chi connectivity index (χ2v) is 17.3. The van der Waals surface area contributed by atoms with Crippen LogP contribution < -0.4 is 4.90 Å². The molecule has 1 heterocycles. The van der Waals surface area contributed by atoms with Gasteiger partial charge in [-0.2, -0.15) is 0 Å². The van der Waals surface area contributed by atoms with Crippen molar-refractivity contribution >= 4 is 60.4 Å². The van der Waals surface area contributed by atoms with Gasteiger partial charge in [-0.1, -0.05) is 200 Å². The van der Waals surface area contributed by atoms with Crippen LogP contribution in [0, 0.1) is 0 Å². The first-order valence-electron chi connectivity index (χ1n) is 22.5. The largest absolute Gasteiger partial charge is 0.310 e. The fourth-order valence-electron chi connectivity index (χ4n) is 10.9. The monoisotopic (exact) mass is 826 g/mol. The van der Waals surface area contributed by atoms with Gasteiger partial charge < -0.3 is 9.47 Å². The Kier molecular flexibility index (Phi) is 8.47. The van der Waals surface area contributed by atoms with E-state index >= 15 is 0 Å². The zero-order valence-electron chi connectivity index (χ0n) is 35.6. The highest BCUT2D eigenvalue weighted by Crippen LogP contribution is 2.58. The first-order valence-corrected chi connectivity index (χ1v) is 22.5. The molecule has 2 heteroatoms. The van der Waals surface area contributed by atoms with E-state index in [1.807, 2.05) is 0 Å². The maximum Gasteiger partial charge on any atom is 0.0714 e. The van der Waals surface area contributed by atoms with Crippen LogP contribution in [0.5, 0.6) is 0 Å². The van der Waals surface area contributed by atoms with Crippen LogP contribution in [0.4, 0.5) is 17.1 Å². The van der Waals surface area contributed by atoms with Crippen LogP contribution >= 0.6 is 0 Å². The molecule has 1 aliphatic carbocycles. The summed E-state index contributed by atoms with van der Waals surface area (Å²) in [7, 11) is 0. The molecule has 0 radical (unpaired) electrons. The third-order valence-corrected chi connectivity index (χ3v) is 13.8. The molecule has 13 rings (SSSR count). The maximum atomic E-state index is 2.48. The van der Waals surface area contributed by atoms with E-state index in [1.165, 1.54) is 82.3 Å². The molecule has 12 aromatic rings. The fraction of sp³-hybridized carbons (Fsp3) is 0.0159. The minimum Gasteiger partial charge on any atom is -0.310 e. The van der Waals surface area contributed by atoms with E-state index < -0.39 is 5.41 Å². The number of nitrogens with zero attached hydrogens (tertiary/aromatic N) is 2. The number of anilines is 3. The predicted octanol–water partition coefficient (Wildman–Crippen LogP) is 16.6. The fourth-order valence-corrected chi connectivity index (χ4v) is 10.9. The molecular formula is C63H42N2. The molecule has 2 nitrogen and oxygen atoms in total. The number of aromatic nitrogens is 1. The summed E-state index contributed by atoms with van der Waals surface area (Å²) in [5.74, 6) is 0. The standard InChI is InChI=1S/C63H42N2/c1-5-17-43(18-6-1)47-31-35-55-56-37-33-52(41-60(56)63(59(55)40-47,48-22-7-2-8-23-48)49-24-9-3-10-25-49)64(51-32-29-44-19-13-14-21-46(44)39-51)53-34-38-57-58-36-30-45-20-15-16-28-54(45)62(58)65(61(57)42-53)50-26-11-4-12-27-50/h1-42H. The summed E-state index contributed by atoms with van der Waals surface area (Å²) >= 11 is 0. The smallest absolute Gasteiger partial charge is 0.0714 e. The average Bonchev–Trinajstić information content (AvgIpc) is 3.87.